The maximum atomic E-state index is 9.51. The van der Waals surface area contributed by atoms with Crippen molar-refractivity contribution in [3.63, 3.8) is 0 Å². The summed E-state index contributed by atoms with van der Waals surface area (Å²) >= 11 is 0. The third-order valence-electron chi connectivity index (χ3n) is 2.09. The van der Waals surface area contributed by atoms with Crippen molar-refractivity contribution < 1.29 is 10.2 Å². The van der Waals surface area contributed by atoms with Crippen LogP contribution in [0.5, 0.6) is 11.5 Å². The molecule has 3 nitrogen and oxygen atoms in total. The summed E-state index contributed by atoms with van der Waals surface area (Å²) in [7, 11) is 0. The minimum atomic E-state index is -0.0190. The number of benzene rings is 1. The minimum Gasteiger partial charge on any atom is -0.504 e. The minimum absolute atomic E-state index is 0.00606. The van der Waals surface area contributed by atoms with E-state index in [-0.39, 0.29) is 11.5 Å². The second kappa shape index (κ2) is 4.14. The molecule has 72 valence electrons. The Kier molecular flexibility index (Phi) is 3.14. The molecule has 0 fully saturated rings. The van der Waals surface area contributed by atoms with Gasteiger partial charge in [-0.25, -0.2) is 0 Å². The SMILES string of the molecule is Cc1ccc(CCCN)c(O)c1O. The molecule has 1 aromatic carbocycles. The highest BCUT2D eigenvalue weighted by Crippen LogP contribution is 2.32. The number of nitrogens with two attached hydrogens (primary N) is 1. The maximum Gasteiger partial charge on any atom is 0.160 e. The Morgan fingerprint density at radius 3 is 2.54 bits per heavy atom. The molecule has 13 heavy (non-hydrogen) atoms. The monoisotopic (exact) mass is 181 g/mol. The van der Waals surface area contributed by atoms with Crippen LogP contribution in [-0.2, 0) is 6.42 Å². The first-order valence-corrected chi connectivity index (χ1v) is 4.37. The van der Waals surface area contributed by atoms with Gasteiger partial charge in [0.15, 0.2) is 11.5 Å². The smallest absolute Gasteiger partial charge is 0.160 e. The number of hydrogen-bond acceptors (Lipinski definition) is 3. The van der Waals surface area contributed by atoms with Gasteiger partial charge in [-0.1, -0.05) is 12.1 Å². The number of phenolic OH excluding ortho intramolecular Hbond substituents is 2. The molecule has 0 aliphatic heterocycles. The average Bonchev–Trinajstić information content (AvgIpc) is 2.13. The Hall–Kier alpha value is -1.22. The molecule has 0 amide bonds. The van der Waals surface area contributed by atoms with Crippen molar-refractivity contribution >= 4 is 0 Å². The average molecular weight is 181 g/mol. The summed E-state index contributed by atoms with van der Waals surface area (Å²) < 4.78 is 0. The van der Waals surface area contributed by atoms with Gasteiger partial charge in [-0.3, -0.25) is 0 Å². The first kappa shape index (κ1) is 9.86. The molecule has 0 saturated heterocycles. The van der Waals surface area contributed by atoms with Crippen LogP contribution >= 0.6 is 0 Å². The van der Waals surface area contributed by atoms with Crippen molar-refractivity contribution in [3.8, 4) is 11.5 Å². The molecule has 1 aromatic rings. The Balaban J connectivity index is 2.90. The van der Waals surface area contributed by atoms with Crippen LogP contribution in [0.25, 0.3) is 0 Å². The maximum absolute atomic E-state index is 9.51. The van der Waals surface area contributed by atoms with Gasteiger partial charge in [-0.05, 0) is 37.4 Å². The summed E-state index contributed by atoms with van der Waals surface area (Å²) in [5.41, 5.74) is 6.80. The van der Waals surface area contributed by atoms with Crippen LogP contribution in [0.4, 0.5) is 0 Å². The van der Waals surface area contributed by atoms with Crippen LogP contribution in [0, 0.1) is 6.92 Å². The first-order valence-electron chi connectivity index (χ1n) is 4.37. The molecule has 0 spiro atoms. The van der Waals surface area contributed by atoms with Gasteiger partial charge in [-0.2, -0.15) is 0 Å². The quantitative estimate of drug-likeness (QED) is 0.616. The van der Waals surface area contributed by atoms with Crippen LogP contribution in [0.3, 0.4) is 0 Å². The van der Waals surface area contributed by atoms with Crippen molar-refractivity contribution in [2.45, 2.75) is 19.8 Å². The molecule has 3 heteroatoms. The summed E-state index contributed by atoms with van der Waals surface area (Å²) in [4.78, 5) is 0. The lowest BCUT2D eigenvalue weighted by atomic mass is 10.1. The fourth-order valence-corrected chi connectivity index (χ4v) is 1.22. The number of hydrogen-bond donors (Lipinski definition) is 3. The molecular formula is C10H15NO2. The fraction of sp³-hybridized carbons (Fsp3) is 0.400. The number of aromatic hydroxyl groups is 2. The van der Waals surface area contributed by atoms with E-state index in [1.165, 1.54) is 0 Å². The van der Waals surface area contributed by atoms with Gasteiger partial charge in [0, 0.05) is 0 Å². The molecule has 0 heterocycles. The van der Waals surface area contributed by atoms with Gasteiger partial charge >= 0.3 is 0 Å². The lowest BCUT2D eigenvalue weighted by molar-refractivity contribution is 0.396. The van der Waals surface area contributed by atoms with Gasteiger partial charge in [0.1, 0.15) is 0 Å². The van der Waals surface area contributed by atoms with E-state index in [0.717, 1.165) is 12.0 Å². The standard InChI is InChI=1S/C10H15NO2/c1-7-4-5-8(3-2-6-11)10(13)9(7)12/h4-5,12-13H,2-3,6,11H2,1H3. The van der Waals surface area contributed by atoms with Gasteiger partial charge in [-0.15, -0.1) is 0 Å². The molecule has 0 aliphatic carbocycles. The highest BCUT2D eigenvalue weighted by Gasteiger charge is 2.07. The third kappa shape index (κ3) is 2.12. The second-order valence-corrected chi connectivity index (χ2v) is 3.13. The Labute approximate surface area is 77.8 Å². The predicted octanol–water partition coefficient (Wildman–Crippen LogP) is 1.30. The van der Waals surface area contributed by atoms with Crippen LogP contribution < -0.4 is 5.73 Å². The highest BCUT2D eigenvalue weighted by molar-refractivity contribution is 5.49. The van der Waals surface area contributed by atoms with E-state index in [9.17, 15) is 10.2 Å². The molecular weight excluding hydrogens is 166 g/mol. The second-order valence-electron chi connectivity index (χ2n) is 3.13. The Morgan fingerprint density at radius 2 is 1.92 bits per heavy atom. The largest absolute Gasteiger partial charge is 0.504 e. The highest BCUT2D eigenvalue weighted by atomic mass is 16.3. The van der Waals surface area contributed by atoms with Crippen LogP contribution in [0.2, 0.25) is 0 Å². The number of aryl methyl sites for hydroxylation is 2. The van der Waals surface area contributed by atoms with Crippen molar-refractivity contribution in [2.75, 3.05) is 6.54 Å². The molecule has 0 aliphatic rings. The summed E-state index contributed by atoms with van der Waals surface area (Å²) in [6.07, 6.45) is 1.52. The summed E-state index contributed by atoms with van der Waals surface area (Å²) in [5.74, 6) is -0.0250. The Bertz CT molecular complexity index is 297. The normalized spacial score (nSPS) is 10.3. The predicted molar refractivity (Wildman–Crippen MR) is 51.9 cm³/mol. The lowest BCUT2D eigenvalue weighted by Gasteiger charge is -2.07. The molecule has 0 aromatic heterocycles. The first-order chi connectivity index (χ1) is 6.16. The summed E-state index contributed by atoms with van der Waals surface area (Å²) in [6, 6.07) is 3.61. The van der Waals surface area contributed by atoms with E-state index in [0.29, 0.717) is 18.5 Å². The molecule has 0 radical (unpaired) electrons. The van der Waals surface area contributed by atoms with E-state index >= 15 is 0 Å². The number of rotatable bonds is 3. The van der Waals surface area contributed by atoms with E-state index in [2.05, 4.69) is 0 Å². The summed E-state index contributed by atoms with van der Waals surface area (Å²) in [6.45, 7) is 2.34. The zero-order chi connectivity index (χ0) is 9.84. The molecule has 1 rings (SSSR count). The van der Waals surface area contributed by atoms with E-state index in [1.807, 2.05) is 6.07 Å². The topological polar surface area (TPSA) is 66.5 Å². The molecule has 0 bridgehead atoms. The molecule has 0 unspecified atom stereocenters. The molecule has 4 N–H and O–H groups in total. The van der Waals surface area contributed by atoms with Gasteiger partial charge < -0.3 is 15.9 Å². The fourth-order valence-electron chi connectivity index (χ4n) is 1.22. The van der Waals surface area contributed by atoms with Crippen molar-refractivity contribution in [2.24, 2.45) is 5.73 Å². The van der Waals surface area contributed by atoms with Crippen molar-refractivity contribution in [1.82, 2.24) is 0 Å². The summed E-state index contributed by atoms with van der Waals surface area (Å²) in [5, 5.41) is 18.9. The Morgan fingerprint density at radius 1 is 1.23 bits per heavy atom. The van der Waals surface area contributed by atoms with Crippen LogP contribution in [0.1, 0.15) is 17.5 Å². The molecule has 0 saturated carbocycles. The zero-order valence-corrected chi connectivity index (χ0v) is 7.75. The van der Waals surface area contributed by atoms with Crippen molar-refractivity contribution in [3.05, 3.63) is 23.3 Å². The molecule has 0 atom stereocenters. The van der Waals surface area contributed by atoms with Gasteiger partial charge in [0.2, 0.25) is 0 Å². The number of phenols is 2. The van der Waals surface area contributed by atoms with E-state index in [1.54, 1.807) is 13.0 Å². The lowest BCUT2D eigenvalue weighted by Crippen LogP contribution is -2.00. The van der Waals surface area contributed by atoms with Crippen LogP contribution in [-0.4, -0.2) is 16.8 Å². The van der Waals surface area contributed by atoms with E-state index in [4.69, 9.17) is 5.73 Å². The van der Waals surface area contributed by atoms with Gasteiger partial charge in [0.25, 0.3) is 0 Å². The third-order valence-corrected chi connectivity index (χ3v) is 2.09. The van der Waals surface area contributed by atoms with E-state index < -0.39 is 0 Å². The van der Waals surface area contributed by atoms with Crippen molar-refractivity contribution in [1.29, 1.82) is 0 Å². The van der Waals surface area contributed by atoms with Gasteiger partial charge in [0.05, 0.1) is 0 Å². The van der Waals surface area contributed by atoms with Crippen LogP contribution in [0.15, 0.2) is 12.1 Å². The zero-order valence-electron chi connectivity index (χ0n) is 7.75.